The van der Waals surface area contributed by atoms with Crippen LogP contribution in [0.1, 0.15) is 93.1 Å². The van der Waals surface area contributed by atoms with Crippen LogP contribution in [0.3, 0.4) is 0 Å². The molecule has 1 amide bonds. The summed E-state index contributed by atoms with van der Waals surface area (Å²) in [4.78, 5) is 28.7. The number of aryl methyl sites for hydroxylation is 1. The molecule has 254 valence electrons. The van der Waals surface area contributed by atoms with Crippen LogP contribution in [-0.4, -0.2) is 89.2 Å². The molecule has 3 heterocycles. The maximum atomic E-state index is 12.5. The summed E-state index contributed by atoms with van der Waals surface area (Å²) < 4.78 is 21.2. The van der Waals surface area contributed by atoms with E-state index in [1.54, 1.807) is 18.0 Å². The van der Waals surface area contributed by atoms with E-state index >= 15 is 0 Å². The highest BCUT2D eigenvalue weighted by Crippen LogP contribution is 2.48. The quantitative estimate of drug-likeness (QED) is 0.272. The van der Waals surface area contributed by atoms with Crippen LogP contribution in [0.5, 0.6) is 5.75 Å². The number of fused-ring (bicyclic) bond motifs is 5. The summed E-state index contributed by atoms with van der Waals surface area (Å²) in [5, 5.41) is 11.1. The molecule has 2 aromatic carbocycles. The third-order valence-corrected chi connectivity index (χ3v) is 10.1. The SMILES string of the molecule is Cc1cccc2c1-c1c(C3CCCCC3)c3ccc(C(=O)O)cc3n1C[C@H](OCC1CCCN1CCN(C)C(=O)OC(C)(C)C)CO2. The molecule has 1 N–H and O–H groups in total. The number of likely N-dealkylation sites (tertiary alicyclic amines) is 1. The lowest BCUT2D eigenvalue weighted by Gasteiger charge is -2.31. The average Bonchev–Trinajstić information content (AvgIpc) is 3.60. The molecule has 1 saturated heterocycles. The fourth-order valence-electron chi connectivity index (χ4n) is 7.71. The Morgan fingerprint density at radius 1 is 1.06 bits per heavy atom. The van der Waals surface area contributed by atoms with Crippen LogP contribution in [-0.2, 0) is 16.0 Å². The molecule has 1 saturated carbocycles. The Balaban J connectivity index is 1.28. The smallest absolute Gasteiger partial charge is 0.410 e. The summed E-state index contributed by atoms with van der Waals surface area (Å²) in [7, 11) is 1.79. The van der Waals surface area contributed by atoms with Crippen LogP contribution in [0.15, 0.2) is 36.4 Å². The number of aromatic carboxylic acids is 1. The van der Waals surface area contributed by atoms with E-state index in [0.717, 1.165) is 72.2 Å². The topological polar surface area (TPSA) is 93.5 Å². The highest BCUT2D eigenvalue weighted by molar-refractivity contribution is 5.99. The lowest BCUT2D eigenvalue weighted by atomic mass is 9.81. The number of nitrogens with zero attached hydrogens (tertiary/aromatic N) is 3. The van der Waals surface area contributed by atoms with Gasteiger partial charge in [0.15, 0.2) is 0 Å². The highest BCUT2D eigenvalue weighted by Gasteiger charge is 2.33. The number of carboxylic acids is 1. The van der Waals surface area contributed by atoms with Crippen molar-refractivity contribution in [1.29, 1.82) is 0 Å². The number of aromatic nitrogens is 1. The van der Waals surface area contributed by atoms with E-state index in [2.05, 4.69) is 28.5 Å². The lowest BCUT2D eigenvalue weighted by Crippen LogP contribution is -2.42. The number of likely N-dealkylation sites (N-methyl/N-ethyl adjacent to an activating group) is 1. The van der Waals surface area contributed by atoms with E-state index in [9.17, 15) is 14.7 Å². The van der Waals surface area contributed by atoms with E-state index in [0.29, 0.717) is 37.8 Å². The summed E-state index contributed by atoms with van der Waals surface area (Å²) in [6, 6.07) is 12.1. The molecule has 47 heavy (non-hydrogen) atoms. The van der Waals surface area contributed by atoms with Crippen molar-refractivity contribution in [3.8, 4) is 17.0 Å². The van der Waals surface area contributed by atoms with Crippen molar-refractivity contribution < 1.29 is 28.9 Å². The number of ether oxygens (including phenoxy) is 3. The normalized spacial score (nSPS) is 20.6. The molecule has 1 aromatic heterocycles. The lowest BCUT2D eigenvalue weighted by molar-refractivity contribution is -0.0153. The molecular formula is C38H51N3O6. The molecule has 1 unspecified atom stereocenters. The first kappa shape index (κ1) is 33.3. The van der Waals surface area contributed by atoms with Crippen molar-refractivity contribution in [2.75, 3.05) is 39.9 Å². The average molecular weight is 646 g/mol. The zero-order valence-electron chi connectivity index (χ0n) is 28.7. The minimum Gasteiger partial charge on any atom is -0.490 e. The predicted molar refractivity (Wildman–Crippen MR) is 184 cm³/mol. The summed E-state index contributed by atoms with van der Waals surface area (Å²) in [6.07, 6.45) is 7.54. The van der Waals surface area contributed by atoms with Crippen LogP contribution >= 0.6 is 0 Å². The van der Waals surface area contributed by atoms with E-state index in [-0.39, 0.29) is 18.2 Å². The van der Waals surface area contributed by atoms with Crippen LogP contribution in [0.25, 0.3) is 22.2 Å². The first-order valence-electron chi connectivity index (χ1n) is 17.4. The van der Waals surface area contributed by atoms with Crippen LogP contribution in [0.4, 0.5) is 4.79 Å². The number of rotatable bonds is 8. The molecule has 3 aliphatic rings. The van der Waals surface area contributed by atoms with E-state index < -0.39 is 11.6 Å². The Kier molecular flexibility index (Phi) is 9.85. The number of benzene rings is 2. The molecule has 2 fully saturated rings. The second kappa shape index (κ2) is 13.9. The zero-order valence-corrected chi connectivity index (χ0v) is 28.7. The van der Waals surface area contributed by atoms with Gasteiger partial charge in [0.05, 0.1) is 24.4 Å². The fourth-order valence-corrected chi connectivity index (χ4v) is 7.71. The number of carbonyl (C=O) groups excluding carboxylic acids is 1. The van der Waals surface area contributed by atoms with Gasteiger partial charge in [-0.25, -0.2) is 9.59 Å². The summed E-state index contributed by atoms with van der Waals surface area (Å²) >= 11 is 0. The Labute approximate surface area is 278 Å². The maximum absolute atomic E-state index is 12.5. The number of amides is 1. The van der Waals surface area contributed by atoms with Gasteiger partial charge in [-0.1, -0.05) is 37.5 Å². The Morgan fingerprint density at radius 2 is 1.85 bits per heavy atom. The van der Waals surface area contributed by atoms with Gasteiger partial charge in [0, 0.05) is 42.6 Å². The van der Waals surface area contributed by atoms with Crippen molar-refractivity contribution in [2.24, 2.45) is 0 Å². The van der Waals surface area contributed by atoms with Crippen molar-refractivity contribution in [2.45, 2.75) is 103 Å². The summed E-state index contributed by atoms with van der Waals surface area (Å²) in [5.41, 5.74) is 5.47. The zero-order chi connectivity index (χ0) is 33.3. The monoisotopic (exact) mass is 645 g/mol. The molecule has 3 aromatic rings. The van der Waals surface area contributed by atoms with Crippen molar-refractivity contribution >= 4 is 23.0 Å². The molecule has 2 aliphatic heterocycles. The van der Waals surface area contributed by atoms with Gasteiger partial charge in [-0.2, -0.15) is 0 Å². The molecule has 2 atom stereocenters. The van der Waals surface area contributed by atoms with Crippen LogP contribution in [0.2, 0.25) is 0 Å². The van der Waals surface area contributed by atoms with Crippen LogP contribution < -0.4 is 4.74 Å². The largest absolute Gasteiger partial charge is 0.490 e. The summed E-state index contributed by atoms with van der Waals surface area (Å²) in [6.45, 7) is 11.6. The van der Waals surface area contributed by atoms with Gasteiger partial charge in [0.25, 0.3) is 0 Å². The van der Waals surface area contributed by atoms with Gasteiger partial charge < -0.3 is 28.8 Å². The number of carboxylic acid groups (broad SMARTS) is 1. The maximum Gasteiger partial charge on any atom is 0.410 e. The second-order valence-electron chi connectivity index (χ2n) is 14.7. The fraction of sp³-hybridized carbons (Fsp3) is 0.579. The molecule has 9 nitrogen and oxygen atoms in total. The molecule has 0 spiro atoms. The molecular weight excluding hydrogens is 594 g/mol. The number of hydrogen-bond acceptors (Lipinski definition) is 6. The van der Waals surface area contributed by atoms with E-state index in [4.69, 9.17) is 14.2 Å². The summed E-state index contributed by atoms with van der Waals surface area (Å²) in [5.74, 6) is 0.347. The number of carbonyl (C=O) groups is 2. The minimum absolute atomic E-state index is 0.224. The minimum atomic E-state index is -0.918. The number of hydrogen-bond donors (Lipinski definition) is 1. The molecule has 6 rings (SSSR count). The van der Waals surface area contributed by atoms with E-state index in [1.165, 1.54) is 24.8 Å². The Bertz CT molecular complexity index is 1600. The van der Waals surface area contributed by atoms with Crippen LogP contribution in [0, 0.1) is 6.92 Å². The van der Waals surface area contributed by atoms with Crippen molar-refractivity contribution in [3.63, 3.8) is 0 Å². The van der Waals surface area contributed by atoms with Crippen molar-refractivity contribution in [3.05, 3.63) is 53.1 Å². The van der Waals surface area contributed by atoms with Gasteiger partial charge in [0.2, 0.25) is 0 Å². The third kappa shape index (κ3) is 7.31. The van der Waals surface area contributed by atoms with E-state index in [1.807, 2.05) is 39.0 Å². The van der Waals surface area contributed by atoms with Gasteiger partial charge in [-0.3, -0.25) is 4.90 Å². The molecule has 0 radical (unpaired) electrons. The molecule has 9 heteroatoms. The van der Waals surface area contributed by atoms with Gasteiger partial charge >= 0.3 is 12.1 Å². The van der Waals surface area contributed by atoms with Gasteiger partial charge in [-0.05, 0) is 95.2 Å². The van der Waals surface area contributed by atoms with Crippen molar-refractivity contribution in [1.82, 2.24) is 14.4 Å². The molecule has 0 bridgehead atoms. The second-order valence-corrected chi connectivity index (χ2v) is 14.7. The Hall–Kier alpha value is -3.56. The van der Waals surface area contributed by atoms with Gasteiger partial charge in [0.1, 0.15) is 24.1 Å². The predicted octanol–water partition coefficient (Wildman–Crippen LogP) is 7.47. The Morgan fingerprint density at radius 3 is 2.60 bits per heavy atom. The first-order chi connectivity index (χ1) is 22.5. The third-order valence-electron chi connectivity index (χ3n) is 10.1. The molecule has 1 aliphatic carbocycles. The highest BCUT2D eigenvalue weighted by atomic mass is 16.6. The standard InChI is InChI=1S/C38H51N3O6/c1-25-11-9-15-32-33(25)35-34(26-12-7-6-8-13-26)30-17-16-27(36(42)43)21-31(30)41(35)22-29(24-46-32)45-23-28-14-10-18-40(28)20-19-39(5)37(44)47-38(2,3)4/h9,11,15-17,21,26,28-29H,6-8,10,12-14,18-20,22-24H2,1-5H3,(H,42,43)/t28?,29-/m0/s1. The van der Waals surface area contributed by atoms with Gasteiger partial charge in [-0.15, -0.1) is 0 Å². The first-order valence-corrected chi connectivity index (χ1v) is 17.4.